The molecule has 0 aliphatic heterocycles. The van der Waals surface area contributed by atoms with Gasteiger partial charge in [0, 0.05) is 25.9 Å². The van der Waals surface area contributed by atoms with Crippen LogP contribution < -0.4 is 0 Å². The smallest absolute Gasteiger partial charge is 0.112 e. The van der Waals surface area contributed by atoms with Gasteiger partial charge in [-0.1, -0.05) is 30.3 Å². The topological polar surface area (TPSA) is 17.8 Å². The Labute approximate surface area is 90.9 Å². The Morgan fingerprint density at radius 2 is 1.87 bits per heavy atom. The van der Waals surface area contributed by atoms with Crippen LogP contribution in [0.2, 0.25) is 0 Å². The van der Waals surface area contributed by atoms with Crippen LogP contribution in [-0.4, -0.2) is 9.55 Å². The van der Waals surface area contributed by atoms with Crippen molar-refractivity contribution in [2.75, 3.05) is 0 Å². The summed E-state index contributed by atoms with van der Waals surface area (Å²) in [4.78, 5) is 4.27. The summed E-state index contributed by atoms with van der Waals surface area (Å²) in [5.74, 6) is 1.10. The SMILES string of the molecule is C=C.Cn1ccnc1Cc1ccccc1. The summed E-state index contributed by atoms with van der Waals surface area (Å²) in [7, 11) is 2.02. The van der Waals surface area contributed by atoms with Crippen molar-refractivity contribution in [1.82, 2.24) is 9.55 Å². The molecule has 1 heterocycles. The molecule has 1 aromatic carbocycles. The maximum atomic E-state index is 4.27. The molecule has 0 bridgehead atoms. The van der Waals surface area contributed by atoms with E-state index in [-0.39, 0.29) is 0 Å². The minimum Gasteiger partial charge on any atom is -0.338 e. The maximum absolute atomic E-state index is 4.27. The van der Waals surface area contributed by atoms with Crippen LogP contribution in [0, 0.1) is 0 Å². The zero-order valence-corrected chi connectivity index (χ0v) is 9.06. The first-order valence-electron chi connectivity index (χ1n) is 4.86. The molecule has 2 aromatic rings. The Balaban J connectivity index is 0.000000531. The third-order valence-corrected chi connectivity index (χ3v) is 2.13. The van der Waals surface area contributed by atoms with Crippen molar-refractivity contribution in [3.63, 3.8) is 0 Å². The van der Waals surface area contributed by atoms with Crippen LogP contribution in [0.15, 0.2) is 55.9 Å². The van der Waals surface area contributed by atoms with Gasteiger partial charge in [-0.15, -0.1) is 13.2 Å². The van der Waals surface area contributed by atoms with Crippen molar-refractivity contribution in [3.05, 3.63) is 67.3 Å². The lowest BCUT2D eigenvalue weighted by Gasteiger charge is -2.00. The number of aromatic nitrogens is 2. The molecule has 1 aromatic heterocycles. The average molecular weight is 200 g/mol. The number of hydrogen-bond donors (Lipinski definition) is 0. The van der Waals surface area contributed by atoms with Gasteiger partial charge in [-0.2, -0.15) is 0 Å². The van der Waals surface area contributed by atoms with Gasteiger partial charge in [0.1, 0.15) is 5.82 Å². The molecule has 2 nitrogen and oxygen atoms in total. The zero-order chi connectivity index (χ0) is 11.1. The molecule has 0 amide bonds. The van der Waals surface area contributed by atoms with E-state index >= 15 is 0 Å². The molecule has 0 aliphatic carbocycles. The second-order valence-corrected chi connectivity index (χ2v) is 3.12. The van der Waals surface area contributed by atoms with E-state index in [2.05, 4.69) is 42.4 Å². The van der Waals surface area contributed by atoms with Crippen LogP contribution >= 0.6 is 0 Å². The predicted molar refractivity (Wildman–Crippen MR) is 63.7 cm³/mol. The summed E-state index contributed by atoms with van der Waals surface area (Å²) in [5.41, 5.74) is 1.30. The van der Waals surface area contributed by atoms with Gasteiger partial charge >= 0.3 is 0 Å². The van der Waals surface area contributed by atoms with Gasteiger partial charge < -0.3 is 4.57 Å². The van der Waals surface area contributed by atoms with Crippen molar-refractivity contribution in [2.24, 2.45) is 7.05 Å². The van der Waals surface area contributed by atoms with Crippen molar-refractivity contribution < 1.29 is 0 Å². The lowest BCUT2D eigenvalue weighted by atomic mass is 10.1. The first-order chi connectivity index (χ1) is 7.36. The number of benzene rings is 1. The summed E-state index contributed by atoms with van der Waals surface area (Å²) >= 11 is 0. The van der Waals surface area contributed by atoms with Gasteiger partial charge in [0.2, 0.25) is 0 Å². The van der Waals surface area contributed by atoms with Gasteiger partial charge in [-0.25, -0.2) is 4.98 Å². The Bertz CT molecular complexity index is 390. The highest BCUT2D eigenvalue weighted by Crippen LogP contribution is 2.05. The van der Waals surface area contributed by atoms with Crippen molar-refractivity contribution in [1.29, 1.82) is 0 Å². The highest BCUT2D eigenvalue weighted by Gasteiger charge is 1.99. The van der Waals surface area contributed by atoms with E-state index in [9.17, 15) is 0 Å². The Hall–Kier alpha value is -1.83. The van der Waals surface area contributed by atoms with E-state index in [1.54, 1.807) is 0 Å². The number of hydrogen-bond acceptors (Lipinski definition) is 1. The standard InChI is InChI=1S/C11H12N2.C2H4/c1-13-8-7-12-11(13)9-10-5-3-2-4-6-10;1-2/h2-8H,9H2,1H3;1-2H2. The highest BCUT2D eigenvalue weighted by atomic mass is 15.0. The monoisotopic (exact) mass is 200 g/mol. The molecule has 0 N–H and O–H groups in total. The maximum Gasteiger partial charge on any atom is 0.112 e. The van der Waals surface area contributed by atoms with E-state index < -0.39 is 0 Å². The van der Waals surface area contributed by atoms with Crippen molar-refractivity contribution in [3.8, 4) is 0 Å². The van der Waals surface area contributed by atoms with Crippen LogP contribution in [0.25, 0.3) is 0 Å². The summed E-state index contributed by atoms with van der Waals surface area (Å²) in [6.07, 6.45) is 4.71. The van der Waals surface area contributed by atoms with Crippen LogP contribution in [0.1, 0.15) is 11.4 Å². The molecule has 0 fully saturated rings. The number of imidazole rings is 1. The summed E-state index contributed by atoms with van der Waals surface area (Å²) in [6.45, 7) is 6.00. The molecular formula is C13H16N2. The van der Waals surface area contributed by atoms with Crippen LogP contribution in [0.4, 0.5) is 0 Å². The van der Waals surface area contributed by atoms with E-state index in [1.807, 2.05) is 30.1 Å². The molecule has 0 radical (unpaired) electrons. The van der Waals surface area contributed by atoms with E-state index in [4.69, 9.17) is 0 Å². The number of rotatable bonds is 2. The Morgan fingerprint density at radius 1 is 1.20 bits per heavy atom. The molecule has 0 saturated heterocycles. The molecular weight excluding hydrogens is 184 g/mol. The van der Waals surface area contributed by atoms with Gasteiger partial charge in [0.05, 0.1) is 0 Å². The normalized spacial score (nSPS) is 9.13. The number of aryl methyl sites for hydroxylation is 1. The van der Waals surface area contributed by atoms with E-state index in [0.717, 1.165) is 12.2 Å². The van der Waals surface area contributed by atoms with Crippen LogP contribution in [-0.2, 0) is 13.5 Å². The van der Waals surface area contributed by atoms with Gasteiger partial charge in [0.15, 0.2) is 0 Å². The predicted octanol–water partition coefficient (Wildman–Crippen LogP) is 2.81. The fourth-order valence-electron chi connectivity index (χ4n) is 1.35. The van der Waals surface area contributed by atoms with E-state index in [1.165, 1.54) is 5.56 Å². The van der Waals surface area contributed by atoms with Gasteiger partial charge in [-0.05, 0) is 5.56 Å². The molecule has 0 unspecified atom stereocenters. The van der Waals surface area contributed by atoms with Crippen LogP contribution in [0.5, 0.6) is 0 Å². The highest BCUT2D eigenvalue weighted by molar-refractivity contribution is 5.19. The lowest BCUT2D eigenvalue weighted by Crippen LogP contribution is -1.97. The Kier molecular flexibility index (Phi) is 4.35. The average Bonchev–Trinajstić information content (AvgIpc) is 2.69. The summed E-state index contributed by atoms with van der Waals surface area (Å²) in [5, 5.41) is 0. The zero-order valence-electron chi connectivity index (χ0n) is 9.06. The van der Waals surface area contributed by atoms with Gasteiger partial charge in [-0.3, -0.25) is 0 Å². The number of nitrogens with zero attached hydrogens (tertiary/aromatic N) is 2. The molecule has 0 aliphatic rings. The molecule has 0 saturated carbocycles. The fourth-order valence-corrected chi connectivity index (χ4v) is 1.35. The quantitative estimate of drug-likeness (QED) is 0.682. The molecule has 78 valence electrons. The third kappa shape index (κ3) is 3.09. The second kappa shape index (κ2) is 5.81. The first-order valence-corrected chi connectivity index (χ1v) is 4.86. The minimum atomic E-state index is 0.907. The molecule has 15 heavy (non-hydrogen) atoms. The molecule has 2 heteroatoms. The summed E-state index contributed by atoms with van der Waals surface area (Å²) in [6, 6.07) is 10.4. The second-order valence-electron chi connectivity index (χ2n) is 3.12. The first kappa shape index (κ1) is 11.2. The lowest BCUT2D eigenvalue weighted by molar-refractivity contribution is 0.822. The molecule has 0 spiro atoms. The van der Waals surface area contributed by atoms with E-state index in [0.29, 0.717) is 0 Å². The fraction of sp³-hybridized carbons (Fsp3) is 0.154. The summed E-state index contributed by atoms with van der Waals surface area (Å²) < 4.78 is 2.05. The largest absolute Gasteiger partial charge is 0.338 e. The third-order valence-electron chi connectivity index (χ3n) is 2.13. The van der Waals surface area contributed by atoms with Crippen LogP contribution in [0.3, 0.4) is 0 Å². The molecule has 0 atom stereocenters. The molecule has 2 rings (SSSR count). The van der Waals surface area contributed by atoms with Crippen molar-refractivity contribution >= 4 is 0 Å². The minimum absolute atomic E-state index is 0.907. The van der Waals surface area contributed by atoms with Crippen molar-refractivity contribution in [2.45, 2.75) is 6.42 Å². The van der Waals surface area contributed by atoms with Gasteiger partial charge in [0.25, 0.3) is 0 Å². The Morgan fingerprint density at radius 3 is 2.40 bits per heavy atom.